The standard InChI is InChI=1S/C8H11NO2S/c1-8(2,12(10)11)7-5-3-4-6-9-7/h3-6H,1-2H3,(H,10,11). The third-order valence-electron chi connectivity index (χ3n) is 1.72. The van der Waals surface area contributed by atoms with Crippen molar-refractivity contribution >= 4 is 11.1 Å². The zero-order valence-corrected chi connectivity index (χ0v) is 7.84. The Morgan fingerprint density at radius 3 is 2.58 bits per heavy atom. The van der Waals surface area contributed by atoms with Crippen LogP contribution in [-0.2, 0) is 15.8 Å². The molecule has 0 aliphatic heterocycles. The summed E-state index contributed by atoms with van der Waals surface area (Å²) >= 11 is -1.89. The van der Waals surface area contributed by atoms with Gasteiger partial charge in [-0.2, -0.15) is 0 Å². The topological polar surface area (TPSA) is 50.2 Å². The van der Waals surface area contributed by atoms with Gasteiger partial charge in [0, 0.05) is 6.20 Å². The molecule has 0 saturated heterocycles. The Hall–Kier alpha value is -0.740. The molecule has 0 fully saturated rings. The predicted molar refractivity (Wildman–Crippen MR) is 48.0 cm³/mol. The van der Waals surface area contributed by atoms with E-state index in [4.69, 9.17) is 4.55 Å². The van der Waals surface area contributed by atoms with E-state index in [-0.39, 0.29) is 0 Å². The van der Waals surface area contributed by atoms with Crippen LogP contribution in [0.5, 0.6) is 0 Å². The fourth-order valence-electron chi connectivity index (χ4n) is 0.808. The predicted octanol–water partition coefficient (Wildman–Crippen LogP) is 1.54. The van der Waals surface area contributed by atoms with Crippen LogP contribution in [-0.4, -0.2) is 13.7 Å². The molecule has 12 heavy (non-hydrogen) atoms. The second-order valence-electron chi connectivity index (χ2n) is 2.97. The maximum Gasteiger partial charge on any atom is 0.164 e. The third-order valence-corrected chi connectivity index (χ3v) is 2.80. The number of pyridine rings is 1. The number of aromatic nitrogens is 1. The third kappa shape index (κ3) is 1.70. The first-order valence-corrected chi connectivity index (χ1v) is 4.68. The van der Waals surface area contributed by atoms with Crippen LogP contribution in [0, 0.1) is 0 Å². The zero-order valence-electron chi connectivity index (χ0n) is 7.02. The van der Waals surface area contributed by atoms with E-state index >= 15 is 0 Å². The van der Waals surface area contributed by atoms with Gasteiger partial charge >= 0.3 is 0 Å². The highest BCUT2D eigenvalue weighted by Crippen LogP contribution is 2.23. The van der Waals surface area contributed by atoms with E-state index in [2.05, 4.69) is 4.98 Å². The van der Waals surface area contributed by atoms with Crippen LogP contribution in [0.4, 0.5) is 0 Å². The molecule has 0 aromatic carbocycles. The molecule has 0 spiro atoms. The molecule has 0 radical (unpaired) electrons. The molecule has 1 rings (SSSR count). The van der Waals surface area contributed by atoms with Crippen molar-refractivity contribution in [2.75, 3.05) is 0 Å². The lowest BCUT2D eigenvalue weighted by Gasteiger charge is -2.18. The quantitative estimate of drug-likeness (QED) is 0.711. The SMILES string of the molecule is CC(C)(c1ccccn1)S(=O)O. The molecule has 1 aromatic heterocycles. The fraction of sp³-hybridized carbons (Fsp3) is 0.375. The van der Waals surface area contributed by atoms with Gasteiger partial charge in [-0.25, -0.2) is 4.21 Å². The number of hydrogen-bond acceptors (Lipinski definition) is 2. The second-order valence-corrected chi connectivity index (χ2v) is 4.49. The van der Waals surface area contributed by atoms with E-state index in [9.17, 15) is 4.21 Å². The molecule has 1 aromatic rings. The van der Waals surface area contributed by atoms with Crippen molar-refractivity contribution in [1.29, 1.82) is 0 Å². The van der Waals surface area contributed by atoms with Crippen LogP contribution >= 0.6 is 0 Å². The van der Waals surface area contributed by atoms with E-state index in [0.717, 1.165) is 0 Å². The molecule has 0 amide bonds. The van der Waals surface area contributed by atoms with Crippen molar-refractivity contribution < 1.29 is 8.76 Å². The summed E-state index contributed by atoms with van der Waals surface area (Å²) in [6.45, 7) is 3.37. The fourth-order valence-corrected chi connectivity index (χ4v) is 1.11. The minimum absolute atomic E-state index is 0.630. The smallest absolute Gasteiger partial charge is 0.164 e. The van der Waals surface area contributed by atoms with Crippen molar-refractivity contribution in [2.45, 2.75) is 18.6 Å². The number of hydrogen-bond donors (Lipinski definition) is 1. The van der Waals surface area contributed by atoms with Crippen LogP contribution in [0.2, 0.25) is 0 Å². The molecular formula is C8H11NO2S. The van der Waals surface area contributed by atoms with Crippen molar-refractivity contribution in [3.05, 3.63) is 30.1 Å². The summed E-state index contributed by atoms with van der Waals surface area (Å²) in [5.74, 6) is 0. The minimum atomic E-state index is -1.89. The zero-order chi connectivity index (χ0) is 9.19. The average Bonchev–Trinajstić information content (AvgIpc) is 2.06. The Morgan fingerprint density at radius 2 is 2.17 bits per heavy atom. The normalized spacial score (nSPS) is 14.2. The van der Waals surface area contributed by atoms with Gasteiger partial charge in [0.2, 0.25) is 0 Å². The van der Waals surface area contributed by atoms with Gasteiger partial charge in [-0.1, -0.05) is 6.07 Å². The molecule has 1 atom stereocenters. The molecular weight excluding hydrogens is 174 g/mol. The van der Waals surface area contributed by atoms with Gasteiger partial charge in [-0.05, 0) is 26.0 Å². The van der Waals surface area contributed by atoms with E-state index in [0.29, 0.717) is 5.69 Å². The first-order valence-electron chi connectivity index (χ1n) is 3.57. The summed E-state index contributed by atoms with van der Waals surface area (Å²) < 4.78 is 19.1. The summed E-state index contributed by atoms with van der Waals surface area (Å²) in [6, 6.07) is 5.32. The lowest BCUT2D eigenvalue weighted by atomic mass is 10.1. The van der Waals surface area contributed by atoms with Crippen LogP contribution in [0.3, 0.4) is 0 Å². The molecule has 0 aliphatic rings. The largest absolute Gasteiger partial charge is 0.305 e. The Morgan fingerprint density at radius 1 is 1.50 bits per heavy atom. The molecule has 0 aliphatic carbocycles. The first kappa shape index (κ1) is 9.35. The molecule has 1 N–H and O–H groups in total. The average molecular weight is 185 g/mol. The van der Waals surface area contributed by atoms with Crippen molar-refractivity contribution in [2.24, 2.45) is 0 Å². The van der Waals surface area contributed by atoms with E-state index in [1.807, 2.05) is 0 Å². The molecule has 0 bridgehead atoms. The highest BCUT2D eigenvalue weighted by atomic mass is 32.2. The molecule has 66 valence electrons. The van der Waals surface area contributed by atoms with Crippen molar-refractivity contribution in [3.63, 3.8) is 0 Å². The summed E-state index contributed by atoms with van der Waals surface area (Å²) in [6.07, 6.45) is 1.62. The monoisotopic (exact) mass is 185 g/mol. The van der Waals surface area contributed by atoms with Gasteiger partial charge in [0.15, 0.2) is 11.1 Å². The van der Waals surface area contributed by atoms with Gasteiger partial charge in [0.25, 0.3) is 0 Å². The van der Waals surface area contributed by atoms with Gasteiger partial charge in [0.1, 0.15) is 4.75 Å². The minimum Gasteiger partial charge on any atom is -0.305 e. The number of rotatable bonds is 2. The van der Waals surface area contributed by atoms with E-state index in [1.165, 1.54) is 0 Å². The lowest BCUT2D eigenvalue weighted by Crippen LogP contribution is -2.24. The van der Waals surface area contributed by atoms with Gasteiger partial charge in [-0.15, -0.1) is 0 Å². The van der Waals surface area contributed by atoms with Crippen LogP contribution < -0.4 is 0 Å². The maximum atomic E-state index is 10.9. The van der Waals surface area contributed by atoms with Crippen LogP contribution in [0.1, 0.15) is 19.5 Å². The Labute approximate surface area is 74.1 Å². The summed E-state index contributed by atoms with van der Waals surface area (Å²) in [5.41, 5.74) is 0.630. The van der Waals surface area contributed by atoms with Crippen LogP contribution in [0.15, 0.2) is 24.4 Å². The summed E-state index contributed by atoms with van der Waals surface area (Å²) in [7, 11) is 0. The summed E-state index contributed by atoms with van der Waals surface area (Å²) in [5, 5.41) is 0. The summed E-state index contributed by atoms with van der Waals surface area (Å²) in [4.78, 5) is 4.02. The van der Waals surface area contributed by atoms with Gasteiger partial charge < -0.3 is 4.55 Å². The molecule has 1 unspecified atom stereocenters. The Balaban J connectivity index is 3.06. The number of nitrogens with zero attached hydrogens (tertiary/aromatic N) is 1. The lowest BCUT2D eigenvalue weighted by molar-refractivity contribution is 0.519. The Bertz CT molecular complexity index is 284. The maximum absolute atomic E-state index is 10.9. The highest BCUT2D eigenvalue weighted by molar-refractivity contribution is 7.80. The van der Waals surface area contributed by atoms with E-state index < -0.39 is 15.8 Å². The molecule has 3 nitrogen and oxygen atoms in total. The van der Waals surface area contributed by atoms with Crippen molar-refractivity contribution in [3.8, 4) is 0 Å². The molecule has 1 heterocycles. The highest BCUT2D eigenvalue weighted by Gasteiger charge is 2.28. The molecule has 4 heteroatoms. The second kappa shape index (κ2) is 3.33. The van der Waals surface area contributed by atoms with E-state index in [1.54, 1.807) is 38.2 Å². The Kier molecular flexibility index (Phi) is 2.59. The van der Waals surface area contributed by atoms with Gasteiger partial charge in [-0.3, -0.25) is 4.98 Å². The first-order chi connectivity index (χ1) is 5.55. The van der Waals surface area contributed by atoms with Crippen LogP contribution in [0.25, 0.3) is 0 Å². The van der Waals surface area contributed by atoms with Gasteiger partial charge in [0.05, 0.1) is 5.69 Å². The van der Waals surface area contributed by atoms with Crippen molar-refractivity contribution in [1.82, 2.24) is 4.98 Å². The molecule has 0 saturated carbocycles.